The molecule has 29 heavy (non-hydrogen) atoms. The minimum atomic E-state index is -0.128. The highest BCUT2D eigenvalue weighted by molar-refractivity contribution is 5.96. The summed E-state index contributed by atoms with van der Waals surface area (Å²) >= 11 is 0. The van der Waals surface area contributed by atoms with E-state index in [4.69, 9.17) is 0 Å². The van der Waals surface area contributed by atoms with Crippen LogP contribution in [-0.2, 0) is 4.79 Å². The molecule has 0 saturated heterocycles. The molecule has 2 amide bonds. The summed E-state index contributed by atoms with van der Waals surface area (Å²) in [5.74, 6) is 0.352. The van der Waals surface area contributed by atoms with Crippen LogP contribution in [0.25, 0.3) is 0 Å². The van der Waals surface area contributed by atoms with E-state index in [-0.39, 0.29) is 24.4 Å². The first-order chi connectivity index (χ1) is 13.9. The van der Waals surface area contributed by atoms with Crippen LogP contribution in [0.5, 0.6) is 0 Å². The molecule has 0 heterocycles. The first-order valence-corrected chi connectivity index (χ1v) is 10.4. The number of hydrogen-bond donors (Lipinski definition) is 3. The first kappa shape index (κ1) is 20.9. The van der Waals surface area contributed by atoms with Gasteiger partial charge in [-0.1, -0.05) is 25.8 Å². The van der Waals surface area contributed by atoms with E-state index in [0.717, 1.165) is 12.1 Å². The van der Waals surface area contributed by atoms with E-state index in [2.05, 4.69) is 29.8 Å². The molecule has 0 radical (unpaired) electrons. The van der Waals surface area contributed by atoms with Gasteiger partial charge in [0.15, 0.2) is 0 Å². The van der Waals surface area contributed by atoms with E-state index < -0.39 is 0 Å². The minimum absolute atomic E-state index is 0.0435. The summed E-state index contributed by atoms with van der Waals surface area (Å²) in [5, 5.41) is 9.15. The highest BCUT2D eigenvalue weighted by Gasteiger charge is 2.23. The van der Waals surface area contributed by atoms with Crippen molar-refractivity contribution in [2.45, 2.75) is 52.5 Å². The van der Waals surface area contributed by atoms with Gasteiger partial charge >= 0.3 is 0 Å². The van der Waals surface area contributed by atoms with Gasteiger partial charge in [-0.25, -0.2) is 0 Å². The third-order valence-corrected chi connectivity index (χ3v) is 5.82. The molecular formula is C24H31N3O2. The highest BCUT2D eigenvalue weighted by Crippen LogP contribution is 2.24. The molecule has 3 rings (SSSR count). The molecule has 3 N–H and O–H groups in total. The van der Waals surface area contributed by atoms with Gasteiger partial charge in [-0.3, -0.25) is 9.59 Å². The van der Waals surface area contributed by atoms with Crippen molar-refractivity contribution < 1.29 is 9.59 Å². The number of benzene rings is 2. The van der Waals surface area contributed by atoms with Crippen LogP contribution in [0.15, 0.2) is 42.5 Å². The van der Waals surface area contributed by atoms with E-state index in [0.29, 0.717) is 17.2 Å². The summed E-state index contributed by atoms with van der Waals surface area (Å²) in [6.45, 7) is 6.50. The molecule has 5 heteroatoms. The van der Waals surface area contributed by atoms with Crippen LogP contribution in [-0.4, -0.2) is 24.4 Å². The van der Waals surface area contributed by atoms with Crippen LogP contribution >= 0.6 is 0 Å². The van der Waals surface area contributed by atoms with Crippen molar-refractivity contribution in [1.29, 1.82) is 0 Å². The van der Waals surface area contributed by atoms with Crippen molar-refractivity contribution in [3.8, 4) is 0 Å². The van der Waals surface area contributed by atoms with Gasteiger partial charge in [-0.2, -0.15) is 0 Å². The van der Waals surface area contributed by atoms with Crippen LogP contribution in [0, 0.1) is 19.8 Å². The van der Waals surface area contributed by atoms with Gasteiger partial charge in [-0.15, -0.1) is 0 Å². The first-order valence-electron chi connectivity index (χ1n) is 10.4. The SMILES string of the molecule is Cc1ccc(NCC(=O)Nc2ccc(C(=O)NC3CCCCC3C)cc2)cc1C. The molecule has 2 aromatic carbocycles. The van der Waals surface area contributed by atoms with Crippen LogP contribution < -0.4 is 16.0 Å². The maximum atomic E-state index is 12.5. The lowest BCUT2D eigenvalue weighted by Crippen LogP contribution is -2.41. The Morgan fingerprint density at radius 2 is 1.62 bits per heavy atom. The number of carbonyl (C=O) groups excluding carboxylic acids is 2. The average Bonchev–Trinajstić information content (AvgIpc) is 2.71. The van der Waals surface area contributed by atoms with Gasteiger partial charge in [0.1, 0.15) is 0 Å². The molecule has 5 nitrogen and oxygen atoms in total. The second-order valence-corrected chi connectivity index (χ2v) is 8.12. The summed E-state index contributed by atoms with van der Waals surface area (Å²) in [7, 11) is 0. The smallest absolute Gasteiger partial charge is 0.251 e. The Hall–Kier alpha value is -2.82. The van der Waals surface area contributed by atoms with E-state index >= 15 is 0 Å². The highest BCUT2D eigenvalue weighted by atomic mass is 16.2. The fourth-order valence-corrected chi connectivity index (χ4v) is 3.73. The van der Waals surface area contributed by atoms with Crippen molar-refractivity contribution in [3.05, 3.63) is 59.2 Å². The lowest BCUT2D eigenvalue weighted by atomic mass is 9.86. The third kappa shape index (κ3) is 5.83. The molecule has 1 saturated carbocycles. The van der Waals surface area contributed by atoms with Crippen LogP contribution in [0.4, 0.5) is 11.4 Å². The largest absolute Gasteiger partial charge is 0.376 e. The zero-order valence-electron chi connectivity index (χ0n) is 17.5. The third-order valence-electron chi connectivity index (χ3n) is 5.82. The quantitative estimate of drug-likeness (QED) is 0.668. The number of anilines is 2. The maximum Gasteiger partial charge on any atom is 0.251 e. The predicted octanol–water partition coefficient (Wildman–Crippen LogP) is 4.66. The number of rotatable bonds is 6. The summed E-state index contributed by atoms with van der Waals surface area (Å²) in [5.41, 5.74) is 4.63. The minimum Gasteiger partial charge on any atom is -0.376 e. The molecule has 1 aliphatic rings. The number of carbonyl (C=O) groups is 2. The van der Waals surface area contributed by atoms with E-state index in [1.54, 1.807) is 24.3 Å². The Labute approximate surface area is 173 Å². The molecular weight excluding hydrogens is 362 g/mol. The van der Waals surface area contributed by atoms with Gasteiger partial charge in [0, 0.05) is 23.0 Å². The Bertz CT molecular complexity index is 861. The van der Waals surface area contributed by atoms with Crippen molar-refractivity contribution in [2.24, 2.45) is 5.92 Å². The molecule has 0 aliphatic heterocycles. The molecule has 1 fully saturated rings. The number of nitrogens with one attached hydrogen (secondary N) is 3. The van der Waals surface area contributed by atoms with Crippen LogP contribution in [0.1, 0.15) is 54.1 Å². The zero-order valence-corrected chi connectivity index (χ0v) is 17.5. The van der Waals surface area contributed by atoms with Crippen molar-refractivity contribution in [1.82, 2.24) is 5.32 Å². The fourth-order valence-electron chi connectivity index (χ4n) is 3.73. The topological polar surface area (TPSA) is 70.2 Å². The van der Waals surface area contributed by atoms with Gasteiger partial charge in [0.05, 0.1) is 6.54 Å². The molecule has 0 bridgehead atoms. The molecule has 1 aliphatic carbocycles. The molecule has 0 spiro atoms. The number of aryl methyl sites for hydroxylation is 2. The monoisotopic (exact) mass is 393 g/mol. The van der Waals surface area contributed by atoms with Gasteiger partial charge < -0.3 is 16.0 Å². The fraction of sp³-hybridized carbons (Fsp3) is 0.417. The lowest BCUT2D eigenvalue weighted by molar-refractivity contribution is -0.114. The van der Waals surface area contributed by atoms with Gasteiger partial charge in [0.2, 0.25) is 5.91 Å². The van der Waals surface area contributed by atoms with Gasteiger partial charge in [-0.05, 0) is 80.1 Å². The average molecular weight is 394 g/mol. The Morgan fingerprint density at radius 1 is 0.931 bits per heavy atom. The van der Waals surface area contributed by atoms with Gasteiger partial charge in [0.25, 0.3) is 5.91 Å². The normalized spacial score (nSPS) is 18.7. The van der Waals surface area contributed by atoms with E-state index in [1.165, 1.54) is 30.4 Å². The van der Waals surface area contributed by atoms with Crippen LogP contribution in [0.3, 0.4) is 0 Å². The Kier molecular flexibility index (Phi) is 6.91. The summed E-state index contributed by atoms with van der Waals surface area (Å²) in [6.07, 6.45) is 4.65. The molecule has 2 unspecified atom stereocenters. The molecule has 0 aromatic heterocycles. The van der Waals surface area contributed by atoms with Crippen molar-refractivity contribution in [2.75, 3.05) is 17.2 Å². The summed E-state index contributed by atoms with van der Waals surface area (Å²) in [4.78, 5) is 24.7. The zero-order chi connectivity index (χ0) is 20.8. The number of amides is 2. The van der Waals surface area contributed by atoms with Crippen molar-refractivity contribution >= 4 is 23.2 Å². The van der Waals surface area contributed by atoms with E-state index in [9.17, 15) is 9.59 Å². The Morgan fingerprint density at radius 3 is 2.31 bits per heavy atom. The second-order valence-electron chi connectivity index (χ2n) is 8.12. The summed E-state index contributed by atoms with van der Waals surface area (Å²) in [6, 6.07) is 13.4. The lowest BCUT2D eigenvalue weighted by Gasteiger charge is -2.29. The maximum absolute atomic E-state index is 12.5. The van der Waals surface area contributed by atoms with Crippen molar-refractivity contribution in [3.63, 3.8) is 0 Å². The molecule has 154 valence electrons. The summed E-state index contributed by atoms with van der Waals surface area (Å²) < 4.78 is 0. The predicted molar refractivity (Wildman–Crippen MR) is 118 cm³/mol. The Balaban J connectivity index is 1.49. The van der Waals surface area contributed by atoms with E-state index in [1.807, 2.05) is 25.1 Å². The standard InChI is InChI=1S/C24H31N3O2/c1-16-8-11-21(14-18(16)3)25-15-23(28)26-20-12-9-19(10-13-20)24(29)27-22-7-5-4-6-17(22)2/h8-14,17,22,25H,4-7,15H2,1-3H3,(H,26,28)(H,27,29). The van der Waals surface area contributed by atoms with Crippen LogP contribution in [0.2, 0.25) is 0 Å². The number of hydrogen-bond acceptors (Lipinski definition) is 3. The molecule has 2 aromatic rings. The molecule has 2 atom stereocenters. The second kappa shape index (κ2) is 9.59.